The van der Waals surface area contributed by atoms with E-state index in [-0.39, 0.29) is 6.10 Å². The highest BCUT2D eigenvalue weighted by molar-refractivity contribution is 5.19. The maximum atomic E-state index is 5.85. The minimum absolute atomic E-state index is 0.204. The van der Waals surface area contributed by atoms with E-state index in [9.17, 15) is 0 Å². The number of hydrogen-bond acceptors (Lipinski definition) is 3. The summed E-state index contributed by atoms with van der Waals surface area (Å²) in [5.41, 5.74) is 7.07. The summed E-state index contributed by atoms with van der Waals surface area (Å²) in [6, 6.07) is 0.304. The third kappa shape index (κ3) is 11.0. The summed E-state index contributed by atoms with van der Waals surface area (Å²) in [6.07, 6.45) is 9.91. The quantitative estimate of drug-likeness (QED) is 0.476. The van der Waals surface area contributed by atoms with E-state index < -0.39 is 0 Å². The summed E-state index contributed by atoms with van der Waals surface area (Å²) in [7, 11) is 0. The largest absolute Gasteiger partial charge is 0.374 e. The van der Waals surface area contributed by atoms with Crippen molar-refractivity contribution < 1.29 is 4.74 Å². The minimum atomic E-state index is 0.204. The molecule has 0 amide bonds. The van der Waals surface area contributed by atoms with Gasteiger partial charge in [-0.3, -0.25) is 0 Å². The molecule has 3 atom stereocenters. The van der Waals surface area contributed by atoms with E-state index in [1.165, 1.54) is 18.4 Å². The molecule has 0 aromatic carbocycles. The smallest absolute Gasteiger partial charge is 0.0759 e. The van der Waals surface area contributed by atoms with Gasteiger partial charge >= 0.3 is 0 Å². The van der Waals surface area contributed by atoms with Crippen molar-refractivity contribution in [3.63, 3.8) is 0 Å². The summed E-state index contributed by atoms with van der Waals surface area (Å²) in [5, 5.41) is 3.56. The van der Waals surface area contributed by atoms with E-state index in [0.717, 1.165) is 39.0 Å². The minimum Gasteiger partial charge on any atom is -0.374 e. The first-order chi connectivity index (χ1) is 10.6. The molecule has 0 bridgehead atoms. The van der Waals surface area contributed by atoms with Gasteiger partial charge in [-0.1, -0.05) is 45.9 Å². The Hall–Kier alpha value is -0.640. The number of ether oxygens (including phenoxy) is 1. The maximum absolute atomic E-state index is 5.85. The Morgan fingerprint density at radius 2 is 1.95 bits per heavy atom. The average molecular weight is 311 g/mol. The highest BCUT2D eigenvalue weighted by Crippen LogP contribution is 2.11. The van der Waals surface area contributed by atoms with Gasteiger partial charge in [0.1, 0.15) is 0 Å². The zero-order valence-electron chi connectivity index (χ0n) is 15.2. The van der Waals surface area contributed by atoms with E-state index in [1.807, 2.05) is 6.08 Å². The first kappa shape index (κ1) is 21.4. The molecule has 0 aromatic rings. The van der Waals surface area contributed by atoms with Gasteiger partial charge in [0.05, 0.1) is 6.10 Å². The van der Waals surface area contributed by atoms with Gasteiger partial charge in [-0.15, -0.1) is 0 Å². The molecule has 0 aliphatic heterocycles. The topological polar surface area (TPSA) is 47.3 Å². The zero-order valence-corrected chi connectivity index (χ0v) is 15.2. The Morgan fingerprint density at radius 1 is 1.23 bits per heavy atom. The summed E-state index contributed by atoms with van der Waals surface area (Å²) < 4.78 is 5.82. The van der Waals surface area contributed by atoms with Crippen LogP contribution in [0.3, 0.4) is 0 Å². The molecule has 3 nitrogen and oxygen atoms in total. The van der Waals surface area contributed by atoms with E-state index in [1.54, 1.807) is 0 Å². The van der Waals surface area contributed by atoms with Crippen LogP contribution in [0.2, 0.25) is 0 Å². The van der Waals surface area contributed by atoms with Crippen LogP contribution in [0, 0.1) is 5.92 Å². The lowest BCUT2D eigenvalue weighted by Crippen LogP contribution is -2.26. The number of nitrogens with one attached hydrogen (secondary N) is 1. The van der Waals surface area contributed by atoms with Gasteiger partial charge in [0, 0.05) is 19.2 Å². The summed E-state index contributed by atoms with van der Waals surface area (Å²) in [5.74, 6) is 0.704. The fourth-order valence-electron chi connectivity index (χ4n) is 2.36. The lowest BCUT2D eigenvalue weighted by Gasteiger charge is -2.18. The van der Waals surface area contributed by atoms with Crippen molar-refractivity contribution in [2.75, 3.05) is 19.7 Å². The number of hydrogen-bond donors (Lipinski definition) is 2. The van der Waals surface area contributed by atoms with Crippen LogP contribution in [0.5, 0.6) is 0 Å². The summed E-state index contributed by atoms with van der Waals surface area (Å²) >= 11 is 0. The predicted octanol–water partition coefficient (Wildman–Crippen LogP) is 4.05. The molecule has 0 saturated carbocycles. The van der Waals surface area contributed by atoms with Crippen LogP contribution in [0.4, 0.5) is 0 Å². The van der Waals surface area contributed by atoms with E-state index in [0.29, 0.717) is 12.0 Å². The van der Waals surface area contributed by atoms with Crippen molar-refractivity contribution in [1.29, 1.82) is 0 Å². The Morgan fingerprint density at radius 3 is 2.45 bits per heavy atom. The second-order valence-electron chi connectivity index (χ2n) is 6.22. The first-order valence-electron chi connectivity index (χ1n) is 8.98. The molecule has 130 valence electrons. The monoisotopic (exact) mass is 310 g/mol. The maximum Gasteiger partial charge on any atom is 0.0759 e. The third-order valence-corrected chi connectivity index (χ3v) is 3.97. The van der Waals surface area contributed by atoms with Gasteiger partial charge in [0.25, 0.3) is 0 Å². The van der Waals surface area contributed by atoms with Crippen molar-refractivity contribution in [2.24, 2.45) is 11.7 Å². The SMILES string of the molecule is C=C/C(=C\[C@@H](CC)OCCC)CNCC(CC)CCC(C)N. The molecule has 22 heavy (non-hydrogen) atoms. The van der Waals surface area contributed by atoms with Gasteiger partial charge in [0.15, 0.2) is 0 Å². The molecule has 0 spiro atoms. The molecule has 0 radical (unpaired) electrons. The van der Waals surface area contributed by atoms with E-state index >= 15 is 0 Å². The zero-order chi connectivity index (χ0) is 16.8. The van der Waals surface area contributed by atoms with E-state index in [2.05, 4.69) is 45.7 Å². The standard InChI is InChI=1S/C19H38N2O/c1-6-12-22-19(9-4)13-18(8-3)15-21-14-17(7-2)11-10-16(5)20/h8,13,16-17,19,21H,3,6-7,9-12,14-15,20H2,1-2,4-5H3/b18-13+/t16?,17?,19-/m1/s1. The fraction of sp³-hybridized carbons (Fsp3) is 0.789. The first-order valence-corrected chi connectivity index (χ1v) is 8.98. The molecule has 0 aromatic heterocycles. The molecule has 0 saturated heterocycles. The molecular weight excluding hydrogens is 272 g/mol. The molecule has 3 N–H and O–H groups in total. The molecule has 0 aliphatic carbocycles. The van der Waals surface area contributed by atoms with Gasteiger partial charge < -0.3 is 15.8 Å². The lowest BCUT2D eigenvalue weighted by molar-refractivity contribution is 0.0828. The van der Waals surface area contributed by atoms with Crippen LogP contribution in [-0.2, 0) is 4.74 Å². The van der Waals surface area contributed by atoms with E-state index in [4.69, 9.17) is 10.5 Å². The Labute approximate surface area is 138 Å². The predicted molar refractivity (Wildman–Crippen MR) is 98.1 cm³/mol. The molecule has 3 heteroatoms. The molecule has 2 unspecified atom stereocenters. The van der Waals surface area contributed by atoms with Gasteiger partial charge in [-0.05, 0) is 50.6 Å². The normalized spacial score (nSPS) is 16.3. The molecular formula is C19H38N2O. The van der Waals surface area contributed by atoms with Gasteiger partial charge in [-0.2, -0.15) is 0 Å². The lowest BCUT2D eigenvalue weighted by atomic mass is 9.98. The Balaban J connectivity index is 4.22. The molecule has 0 aliphatic rings. The molecule has 0 fully saturated rings. The summed E-state index contributed by atoms with van der Waals surface area (Å²) in [4.78, 5) is 0. The highest BCUT2D eigenvalue weighted by atomic mass is 16.5. The Kier molecular flexibility index (Phi) is 13.6. The third-order valence-electron chi connectivity index (χ3n) is 3.97. The second-order valence-corrected chi connectivity index (χ2v) is 6.22. The average Bonchev–Trinajstić information content (AvgIpc) is 2.52. The number of nitrogens with two attached hydrogens (primary N) is 1. The number of rotatable bonds is 14. The van der Waals surface area contributed by atoms with Crippen LogP contribution < -0.4 is 11.1 Å². The van der Waals surface area contributed by atoms with Gasteiger partial charge in [0.2, 0.25) is 0 Å². The molecule has 0 heterocycles. The molecule has 0 rings (SSSR count). The van der Waals surface area contributed by atoms with Crippen LogP contribution in [0.25, 0.3) is 0 Å². The van der Waals surface area contributed by atoms with Crippen LogP contribution in [-0.4, -0.2) is 31.8 Å². The Bertz CT molecular complexity index is 300. The van der Waals surface area contributed by atoms with Crippen molar-refractivity contribution in [3.05, 3.63) is 24.3 Å². The van der Waals surface area contributed by atoms with Crippen LogP contribution >= 0.6 is 0 Å². The highest BCUT2D eigenvalue weighted by Gasteiger charge is 2.08. The fourth-order valence-corrected chi connectivity index (χ4v) is 2.36. The van der Waals surface area contributed by atoms with Gasteiger partial charge in [-0.25, -0.2) is 0 Å². The van der Waals surface area contributed by atoms with Crippen LogP contribution in [0.1, 0.15) is 59.8 Å². The van der Waals surface area contributed by atoms with Crippen molar-refractivity contribution in [3.8, 4) is 0 Å². The van der Waals surface area contributed by atoms with Crippen molar-refractivity contribution >= 4 is 0 Å². The van der Waals surface area contributed by atoms with Crippen molar-refractivity contribution in [1.82, 2.24) is 5.32 Å². The van der Waals surface area contributed by atoms with Crippen LogP contribution in [0.15, 0.2) is 24.3 Å². The second kappa shape index (κ2) is 14.0. The summed E-state index contributed by atoms with van der Waals surface area (Å²) in [6.45, 7) is 15.3. The van der Waals surface area contributed by atoms with Crippen molar-refractivity contribution in [2.45, 2.75) is 71.9 Å².